The highest BCUT2D eigenvalue weighted by Gasteiger charge is 2.12. The summed E-state index contributed by atoms with van der Waals surface area (Å²) in [6, 6.07) is 10.2. The van der Waals surface area contributed by atoms with Gasteiger partial charge in [-0.1, -0.05) is 42.2 Å². The fourth-order valence-corrected chi connectivity index (χ4v) is 3.02. The van der Waals surface area contributed by atoms with Crippen molar-refractivity contribution in [2.75, 3.05) is 5.75 Å². The molecule has 8 heteroatoms. The molecule has 0 amide bonds. The van der Waals surface area contributed by atoms with Crippen molar-refractivity contribution in [1.29, 1.82) is 0 Å². The number of pyridine rings is 1. The topological polar surface area (TPSA) is 63.8 Å². The van der Waals surface area contributed by atoms with E-state index in [0.29, 0.717) is 34.5 Å². The zero-order valence-electron chi connectivity index (χ0n) is 13.2. The zero-order valence-corrected chi connectivity index (χ0v) is 14.8. The van der Waals surface area contributed by atoms with Crippen LogP contribution in [0.25, 0.3) is 11.5 Å². The Labute approximate surface area is 154 Å². The van der Waals surface area contributed by atoms with E-state index in [0.717, 1.165) is 5.56 Å². The molecule has 2 aromatic heterocycles. The predicted octanol–water partition coefficient (Wildman–Crippen LogP) is 3.62. The molecule has 0 aliphatic carbocycles. The Hall–Kier alpha value is -2.32. The van der Waals surface area contributed by atoms with Gasteiger partial charge in [0.05, 0.1) is 5.56 Å². The fourth-order valence-electron chi connectivity index (χ4n) is 2.06. The standard InChI is InChI=1S/C17H15FN4OS2/c18-14-6-2-1-5-13(14)16-22-21-15(23-16)7-9-25-17(24)20-11-12-4-3-8-19-10-12/h1-6,8,10H,7,9,11H2,(H,20,24). The van der Waals surface area contributed by atoms with Crippen molar-refractivity contribution in [3.8, 4) is 11.5 Å². The molecule has 0 saturated carbocycles. The van der Waals surface area contributed by atoms with Gasteiger partial charge in [0.2, 0.25) is 5.89 Å². The average Bonchev–Trinajstić information content (AvgIpc) is 3.10. The van der Waals surface area contributed by atoms with Gasteiger partial charge in [0.25, 0.3) is 5.89 Å². The minimum atomic E-state index is -0.382. The minimum absolute atomic E-state index is 0.190. The van der Waals surface area contributed by atoms with E-state index in [2.05, 4.69) is 20.5 Å². The van der Waals surface area contributed by atoms with Crippen molar-refractivity contribution in [2.45, 2.75) is 13.0 Å². The lowest BCUT2D eigenvalue weighted by Crippen LogP contribution is -2.18. The van der Waals surface area contributed by atoms with Gasteiger partial charge >= 0.3 is 0 Å². The average molecular weight is 374 g/mol. The number of benzene rings is 1. The van der Waals surface area contributed by atoms with E-state index >= 15 is 0 Å². The van der Waals surface area contributed by atoms with Crippen molar-refractivity contribution in [3.63, 3.8) is 0 Å². The molecule has 128 valence electrons. The highest BCUT2D eigenvalue weighted by molar-refractivity contribution is 8.22. The molecule has 0 radical (unpaired) electrons. The lowest BCUT2D eigenvalue weighted by molar-refractivity contribution is 0.509. The predicted molar refractivity (Wildman–Crippen MR) is 99.5 cm³/mol. The Bertz CT molecular complexity index is 841. The van der Waals surface area contributed by atoms with Gasteiger partial charge in [0, 0.05) is 31.1 Å². The van der Waals surface area contributed by atoms with Crippen molar-refractivity contribution in [2.24, 2.45) is 0 Å². The van der Waals surface area contributed by atoms with Crippen LogP contribution in [0, 0.1) is 5.82 Å². The third kappa shape index (κ3) is 5.07. The van der Waals surface area contributed by atoms with Gasteiger partial charge in [-0.15, -0.1) is 10.2 Å². The molecular weight excluding hydrogens is 359 g/mol. The number of rotatable bonds is 6. The molecule has 3 rings (SSSR count). The van der Waals surface area contributed by atoms with Gasteiger partial charge in [0.15, 0.2) is 0 Å². The summed E-state index contributed by atoms with van der Waals surface area (Å²) in [6.45, 7) is 0.637. The second kappa shape index (κ2) is 8.68. The maximum atomic E-state index is 13.7. The summed E-state index contributed by atoms with van der Waals surface area (Å²) in [6.07, 6.45) is 4.08. The van der Waals surface area contributed by atoms with Crippen LogP contribution in [0.2, 0.25) is 0 Å². The SMILES string of the molecule is Fc1ccccc1-c1nnc(CCSC(=S)NCc2cccnc2)o1. The summed E-state index contributed by atoms with van der Waals surface area (Å²) in [5, 5.41) is 11.0. The van der Waals surface area contributed by atoms with Gasteiger partial charge in [-0.05, 0) is 23.8 Å². The van der Waals surface area contributed by atoms with Crippen LogP contribution in [0.5, 0.6) is 0 Å². The van der Waals surface area contributed by atoms with E-state index in [4.69, 9.17) is 16.6 Å². The van der Waals surface area contributed by atoms with Crippen molar-refractivity contribution < 1.29 is 8.81 Å². The first kappa shape index (κ1) is 17.5. The van der Waals surface area contributed by atoms with E-state index in [-0.39, 0.29) is 11.7 Å². The molecule has 0 atom stereocenters. The molecule has 5 nitrogen and oxygen atoms in total. The third-order valence-corrected chi connectivity index (χ3v) is 4.59. The maximum Gasteiger partial charge on any atom is 0.250 e. The smallest absolute Gasteiger partial charge is 0.250 e. The monoisotopic (exact) mass is 374 g/mol. The number of aromatic nitrogens is 3. The molecule has 25 heavy (non-hydrogen) atoms. The number of hydrogen-bond acceptors (Lipinski definition) is 6. The number of halogens is 1. The van der Waals surface area contributed by atoms with Crippen molar-refractivity contribution in [3.05, 3.63) is 66.1 Å². The van der Waals surface area contributed by atoms with Crippen LogP contribution in [0.4, 0.5) is 4.39 Å². The summed E-state index contributed by atoms with van der Waals surface area (Å²) in [7, 11) is 0. The highest BCUT2D eigenvalue weighted by atomic mass is 32.2. The van der Waals surface area contributed by atoms with Crippen LogP contribution >= 0.6 is 24.0 Å². The molecule has 0 bridgehead atoms. The Morgan fingerprint density at radius 2 is 2.08 bits per heavy atom. The third-order valence-electron chi connectivity index (χ3n) is 3.28. The summed E-state index contributed by atoms with van der Waals surface area (Å²) in [5.74, 6) is 0.960. The van der Waals surface area contributed by atoms with Crippen LogP contribution in [0.1, 0.15) is 11.5 Å². The quantitative estimate of drug-likeness (QED) is 0.661. The number of thiocarbonyl (C=S) groups is 1. The first-order valence-electron chi connectivity index (χ1n) is 7.59. The van der Waals surface area contributed by atoms with Crippen LogP contribution in [-0.4, -0.2) is 25.3 Å². The summed E-state index contributed by atoms with van der Waals surface area (Å²) in [4.78, 5) is 4.05. The highest BCUT2D eigenvalue weighted by Crippen LogP contribution is 2.21. The maximum absolute atomic E-state index is 13.7. The number of nitrogens with zero attached hydrogens (tertiary/aromatic N) is 3. The van der Waals surface area contributed by atoms with Crippen LogP contribution in [0.3, 0.4) is 0 Å². The fraction of sp³-hybridized carbons (Fsp3) is 0.176. The van der Waals surface area contributed by atoms with Crippen LogP contribution < -0.4 is 5.32 Å². The van der Waals surface area contributed by atoms with Gasteiger partial charge in [-0.25, -0.2) is 4.39 Å². The number of hydrogen-bond donors (Lipinski definition) is 1. The molecule has 3 aromatic rings. The van der Waals surface area contributed by atoms with Gasteiger partial charge in [-0.2, -0.15) is 0 Å². The second-order valence-electron chi connectivity index (χ2n) is 5.08. The molecule has 0 unspecified atom stereocenters. The lowest BCUT2D eigenvalue weighted by atomic mass is 10.2. The summed E-state index contributed by atoms with van der Waals surface area (Å²) in [5.41, 5.74) is 1.37. The normalized spacial score (nSPS) is 10.6. The Morgan fingerprint density at radius 3 is 2.88 bits per heavy atom. The Kier molecular flexibility index (Phi) is 6.08. The van der Waals surface area contributed by atoms with E-state index in [1.54, 1.807) is 30.6 Å². The largest absolute Gasteiger partial charge is 0.421 e. The lowest BCUT2D eigenvalue weighted by Gasteiger charge is -2.06. The van der Waals surface area contributed by atoms with E-state index in [1.807, 2.05) is 12.1 Å². The molecule has 0 aliphatic heterocycles. The van der Waals surface area contributed by atoms with E-state index in [1.165, 1.54) is 17.8 Å². The van der Waals surface area contributed by atoms with Crippen molar-refractivity contribution in [1.82, 2.24) is 20.5 Å². The molecule has 1 aromatic carbocycles. The molecule has 0 spiro atoms. The van der Waals surface area contributed by atoms with E-state index in [9.17, 15) is 4.39 Å². The number of aryl methyl sites for hydroxylation is 1. The molecule has 1 N–H and O–H groups in total. The summed E-state index contributed by atoms with van der Waals surface area (Å²) < 4.78 is 19.9. The second-order valence-corrected chi connectivity index (χ2v) is 6.85. The first-order chi connectivity index (χ1) is 12.2. The van der Waals surface area contributed by atoms with Crippen LogP contribution in [-0.2, 0) is 13.0 Å². The Morgan fingerprint density at radius 1 is 1.20 bits per heavy atom. The molecular formula is C17H15FN4OS2. The van der Waals surface area contributed by atoms with Gasteiger partial charge in [-0.3, -0.25) is 4.98 Å². The van der Waals surface area contributed by atoms with E-state index < -0.39 is 0 Å². The first-order valence-corrected chi connectivity index (χ1v) is 8.98. The number of thioether (sulfide) groups is 1. The number of nitrogens with one attached hydrogen (secondary N) is 1. The van der Waals surface area contributed by atoms with Gasteiger partial charge in [0.1, 0.15) is 10.1 Å². The molecule has 0 fully saturated rings. The summed E-state index contributed by atoms with van der Waals surface area (Å²) >= 11 is 6.78. The molecule has 0 saturated heterocycles. The zero-order chi connectivity index (χ0) is 17.5. The molecule has 0 aliphatic rings. The van der Waals surface area contributed by atoms with Crippen molar-refractivity contribution >= 4 is 28.3 Å². The Balaban J connectivity index is 1.45. The van der Waals surface area contributed by atoms with Gasteiger partial charge < -0.3 is 9.73 Å². The van der Waals surface area contributed by atoms with Crippen LogP contribution in [0.15, 0.2) is 53.2 Å². The molecule has 2 heterocycles. The minimum Gasteiger partial charge on any atom is -0.421 e.